The Kier molecular flexibility index (Phi) is 5.16. The van der Waals surface area contributed by atoms with Crippen LogP contribution in [0.5, 0.6) is 0 Å². The molecule has 104 valence electrons. The molecule has 0 aliphatic carbocycles. The highest BCUT2D eigenvalue weighted by Crippen LogP contribution is 2.26. The van der Waals surface area contributed by atoms with Crippen molar-refractivity contribution >= 4 is 11.3 Å². The molecule has 0 aromatic carbocycles. The predicted octanol–water partition coefficient (Wildman–Crippen LogP) is 3.42. The Morgan fingerprint density at radius 1 is 1.32 bits per heavy atom. The molecule has 0 fully saturated rings. The molecule has 0 saturated heterocycles. The highest BCUT2D eigenvalue weighted by molar-refractivity contribution is 7.12. The Bertz CT molecular complexity index is 501. The van der Waals surface area contributed by atoms with Crippen molar-refractivity contribution in [1.29, 1.82) is 0 Å². The van der Waals surface area contributed by atoms with Gasteiger partial charge in [0.05, 0.1) is 0 Å². The van der Waals surface area contributed by atoms with E-state index >= 15 is 0 Å². The smallest absolute Gasteiger partial charge is 0.110 e. The minimum atomic E-state index is 0.378. The molecule has 1 atom stereocenters. The van der Waals surface area contributed by atoms with E-state index < -0.39 is 0 Å². The zero-order chi connectivity index (χ0) is 13.7. The van der Waals surface area contributed by atoms with Gasteiger partial charge in [-0.2, -0.15) is 0 Å². The molecule has 2 aromatic rings. The van der Waals surface area contributed by atoms with Gasteiger partial charge in [-0.25, -0.2) is 4.98 Å². The summed E-state index contributed by atoms with van der Waals surface area (Å²) in [6.07, 6.45) is 6.03. The van der Waals surface area contributed by atoms with Crippen LogP contribution in [0, 0.1) is 0 Å². The van der Waals surface area contributed by atoms with E-state index in [0.29, 0.717) is 6.04 Å². The highest BCUT2D eigenvalue weighted by atomic mass is 32.1. The van der Waals surface area contributed by atoms with Gasteiger partial charge in [-0.3, -0.25) is 0 Å². The largest absolute Gasteiger partial charge is 0.335 e. The van der Waals surface area contributed by atoms with Gasteiger partial charge in [0.25, 0.3) is 0 Å². The lowest BCUT2D eigenvalue weighted by molar-refractivity contribution is 0.529. The third-order valence-electron chi connectivity index (χ3n) is 3.35. The monoisotopic (exact) mass is 277 g/mol. The first-order valence-electron chi connectivity index (χ1n) is 7.10. The number of nitrogens with one attached hydrogen (secondary N) is 1. The Balaban J connectivity index is 2.16. The predicted molar refractivity (Wildman–Crippen MR) is 81.7 cm³/mol. The molecule has 4 heteroatoms. The number of imidazole rings is 1. The van der Waals surface area contributed by atoms with Gasteiger partial charge < -0.3 is 9.88 Å². The zero-order valence-electron chi connectivity index (χ0n) is 12.0. The molecule has 2 rings (SSSR count). The third-order valence-corrected chi connectivity index (χ3v) is 4.70. The van der Waals surface area contributed by atoms with Crippen LogP contribution < -0.4 is 5.32 Å². The van der Waals surface area contributed by atoms with Crippen molar-refractivity contribution in [2.24, 2.45) is 0 Å². The van der Waals surface area contributed by atoms with Crippen molar-refractivity contribution in [3.8, 4) is 0 Å². The number of aromatic nitrogens is 2. The molecular weight excluding hydrogens is 254 g/mol. The van der Waals surface area contributed by atoms with Crippen molar-refractivity contribution in [1.82, 2.24) is 14.9 Å². The number of thiophene rings is 1. The molecule has 0 radical (unpaired) electrons. The van der Waals surface area contributed by atoms with Gasteiger partial charge in [0.1, 0.15) is 5.82 Å². The molecule has 1 unspecified atom stereocenters. The van der Waals surface area contributed by atoms with Gasteiger partial charge in [0.15, 0.2) is 0 Å². The number of nitrogens with zero attached hydrogens (tertiary/aromatic N) is 2. The molecule has 3 nitrogen and oxygen atoms in total. The molecule has 2 aromatic heterocycles. The van der Waals surface area contributed by atoms with E-state index in [1.54, 1.807) is 0 Å². The lowest BCUT2D eigenvalue weighted by atomic mass is 10.1. The first kappa shape index (κ1) is 14.3. The second-order valence-electron chi connectivity index (χ2n) is 4.60. The van der Waals surface area contributed by atoms with E-state index in [-0.39, 0.29) is 0 Å². The van der Waals surface area contributed by atoms with E-state index in [4.69, 9.17) is 0 Å². The number of hydrogen-bond donors (Lipinski definition) is 1. The third kappa shape index (κ3) is 3.45. The van der Waals surface area contributed by atoms with Crippen LogP contribution in [0.25, 0.3) is 0 Å². The number of aryl methyl sites for hydroxylation is 2. The summed E-state index contributed by atoms with van der Waals surface area (Å²) in [6, 6.07) is 4.88. The van der Waals surface area contributed by atoms with Crippen molar-refractivity contribution < 1.29 is 0 Å². The van der Waals surface area contributed by atoms with Crippen LogP contribution in [0.3, 0.4) is 0 Å². The Hall–Kier alpha value is -1.13. The maximum atomic E-state index is 4.49. The summed E-state index contributed by atoms with van der Waals surface area (Å²) < 4.78 is 2.22. The van der Waals surface area contributed by atoms with Gasteiger partial charge in [-0.05, 0) is 32.0 Å². The van der Waals surface area contributed by atoms with Crippen molar-refractivity contribution in [3.63, 3.8) is 0 Å². The van der Waals surface area contributed by atoms with Crippen LogP contribution in [-0.4, -0.2) is 16.1 Å². The molecule has 0 saturated carbocycles. The maximum Gasteiger partial charge on any atom is 0.110 e. The van der Waals surface area contributed by atoms with E-state index in [2.05, 4.69) is 54.0 Å². The normalized spacial score (nSPS) is 12.8. The zero-order valence-corrected chi connectivity index (χ0v) is 12.8. The molecule has 0 bridgehead atoms. The molecular formula is C15H23N3S. The quantitative estimate of drug-likeness (QED) is 0.840. The topological polar surface area (TPSA) is 29.9 Å². The van der Waals surface area contributed by atoms with Crippen molar-refractivity contribution in [3.05, 3.63) is 40.1 Å². The van der Waals surface area contributed by atoms with E-state index in [1.807, 2.05) is 17.5 Å². The number of rotatable bonds is 7. The lowest BCUT2D eigenvalue weighted by Gasteiger charge is -2.16. The summed E-state index contributed by atoms with van der Waals surface area (Å²) in [7, 11) is 0. The fourth-order valence-corrected chi connectivity index (χ4v) is 3.32. The standard InChI is InChI=1S/C15H23N3S/c1-4-12-7-8-14(19-12)13(16-5-2)11-15-17-9-10-18(15)6-3/h7-10,13,16H,4-6,11H2,1-3H3. The summed E-state index contributed by atoms with van der Waals surface area (Å²) in [5, 5.41) is 3.58. The Labute approximate surface area is 119 Å². The SMILES string of the molecule is CCNC(Cc1nccn1CC)c1ccc(CC)s1. The maximum absolute atomic E-state index is 4.49. The number of likely N-dealkylation sites (N-methyl/N-ethyl adjacent to an activating group) is 1. The van der Waals surface area contributed by atoms with Gasteiger partial charge >= 0.3 is 0 Å². The fourth-order valence-electron chi connectivity index (χ4n) is 2.29. The van der Waals surface area contributed by atoms with Crippen molar-refractivity contribution in [2.75, 3.05) is 6.54 Å². The molecule has 2 heterocycles. The van der Waals surface area contributed by atoms with E-state index in [9.17, 15) is 0 Å². The first-order valence-corrected chi connectivity index (χ1v) is 7.92. The second-order valence-corrected chi connectivity index (χ2v) is 5.80. The van der Waals surface area contributed by atoms with Gasteiger partial charge in [-0.1, -0.05) is 13.8 Å². The van der Waals surface area contributed by atoms with E-state index in [1.165, 1.54) is 15.6 Å². The summed E-state index contributed by atoms with van der Waals surface area (Å²) in [4.78, 5) is 7.37. The summed E-state index contributed by atoms with van der Waals surface area (Å²) in [6.45, 7) is 8.50. The Morgan fingerprint density at radius 3 is 2.79 bits per heavy atom. The minimum Gasteiger partial charge on any atom is -0.335 e. The van der Waals surface area contributed by atoms with Crippen LogP contribution >= 0.6 is 11.3 Å². The van der Waals surface area contributed by atoms with Gasteiger partial charge in [0, 0.05) is 41.2 Å². The summed E-state index contributed by atoms with van der Waals surface area (Å²) >= 11 is 1.92. The molecule has 0 amide bonds. The average Bonchev–Trinajstić information content (AvgIpc) is 3.06. The van der Waals surface area contributed by atoms with Crippen LogP contribution in [0.4, 0.5) is 0 Å². The molecule has 19 heavy (non-hydrogen) atoms. The molecule has 0 aliphatic rings. The van der Waals surface area contributed by atoms with Gasteiger partial charge in [-0.15, -0.1) is 11.3 Å². The number of hydrogen-bond acceptors (Lipinski definition) is 3. The highest BCUT2D eigenvalue weighted by Gasteiger charge is 2.16. The molecule has 1 N–H and O–H groups in total. The van der Waals surface area contributed by atoms with Crippen LogP contribution in [-0.2, 0) is 19.4 Å². The van der Waals surface area contributed by atoms with Gasteiger partial charge in [0.2, 0.25) is 0 Å². The fraction of sp³-hybridized carbons (Fsp3) is 0.533. The minimum absolute atomic E-state index is 0.378. The average molecular weight is 277 g/mol. The lowest BCUT2D eigenvalue weighted by Crippen LogP contribution is -2.23. The van der Waals surface area contributed by atoms with Crippen molar-refractivity contribution in [2.45, 2.75) is 46.2 Å². The van der Waals surface area contributed by atoms with Crippen LogP contribution in [0.1, 0.15) is 42.4 Å². The van der Waals surface area contributed by atoms with Crippen LogP contribution in [0.15, 0.2) is 24.5 Å². The summed E-state index contributed by atoms with van der Waals surface area (Å²) in [5.74, 6) is 1.17. The van der Waals surface area contributed by atoms with E-state index in [0.717, 1.165) is 25.9 Å². The second kappa shape index (κ2) is 6.87. The Morgan fingerprint density at radius 2 is 2.16 bits per heavy atom. The van der Waals surface area contributed by atoms with Crippen LogP contribution in [0.2, 0.25) is 0 Å². The molecule has 0 aliphatic heterocycles. The molecule has 0 spiro atoms. The first-order chi connectivity index (χ1) is 9.28. The summed E-state index contributed by atoms with van der Waals surface area (Å²) in [5.41, 5.74) is 0.